The highest BCUT2D eigenvalue weighted by atomic mass is 35.5. The molecular weight excluding hydrogens is 438 g/mol. The lowest BCUT2D eigenvalue weighted by Gasteiger charge is -2.49. The number of carbonyl (C=O) groups excluding carboxylic acids is 2. The number of pyridine rings is 1. The summed E-state index contributed by atoms with van der Waals surface area (Å²) in [6, 6.07) is 2.97. The van der Waals surface area contributed by atoms with Gasteiger partial charge in [-0.2, -0.15) is 0 Å². The molecule has 2 aromatic rings. The van der Waals surface area contributed by atoms with Crippen molar-refractivity contribution in [3.8, 4) is 0 Å². The Morgan fingerprint density at radius 1 is 1.52 bits per heavy atom. The van der Waals surface area contributed by atoms with Gasteiger partial charge in [0.15, 0.2) is 0 Å². The average molecular weight is 454 g/mol. The number of carboxylic acid groups (broad SMARTS) is 1. The number of amides is 1. The Morgan fingerprint density at radius 2 is 2.31 bits per heavy atom. The van der Waals surface area contributed by atoms with E-state index in [2.05, 4.69) is 20.8 Å². The normalized spacial score (nSPS) is 21.1. The standard InChI is InChI=1S/C16H16ClN7O3S2/c1-22-5-9(17)3-4-10(22)18-11-13(25)24-12(15(26)27)8(6-28-14(11)24)7-29-16-19-20-21-23(16)2/h3-5,11,14H,6-7H2,1-2H3,(H,26,27). The number of halogens is 1. The van der Waals surface area contributed by atoms with Gasteiger partial charge < -0.3 is 9.90 Å². The molecule has 0 saturated carbocycles. The Balaban J connectivity index is 1.52. The number of aliphatic carboxylic acids is 1. The van der Waals surface area contributed by atoms with Crippen LogP contribution in [0.25, 0.3) is 0 Å². The number of β-lactam (4-membered cyclic amide) rings is 1. The van der Waals surface area contributed by atoms with Crippen LogP contribution in [0.15, 0.2) is 34.8 Å². The topological polar surface area (TPSA) is 120 Å². The number of aromatic nitrogens is 5. The lowest BCUT2D eigenvalue weighted by Crippen LogP contribution is -2.69. The SMILES string of the molecule is Cn1nnnc1SCC1=C(C(=O)[O-])N2C(=O)C(Nc3ccc(Cl)c[n+]3C)C2SC1. The van der Waals surface area contributed by atoms with Gasteiger partial charge in [0.1, 0.15) is 11.6 Å². The van der Waals surface area contributed by atoms with Crippen molar-refractivity contribution in [1.29, 1.82) is 0 Å². The van der Waals surface area contributed by atoms with Crippen LogP contribution in [0.3, 0.4) is 0 Å². The molecule has 29 heavy (non-hydrogen) atoms. The molecule has 4 heterocycles. The van der Waals surface area contributed by atoms with E-state index in [-0.39, 0.29) is 17.0 Å². The summed E-state index contributed by atoms with van der Waals surface area (Å²) in [6.07, 6.45) is 1.72. The lowest BCUT2D eigenvalue weighted by molar-refractivity contribution is -0.657. The first-order chi connectivity index (χ1) is 13.9. The average Bonchev–Trinajstić information content (AvgIpc) is 3.09. The predicted octanol–water partition coefficient (Wildman–Crippen LogP) is -0.820. The molecule has 152 valence electrons. The smallest absolute Gasteiger partial charge is 0.276 e. The van der Waals surface area contributed by atoms with E-state index in [1.807, 2.05) is 7.05 Å². The molecule has 4 rings (SSSR count). The largest absolute Gasteiger partial charge is 0.543 e. The molecule has 1 N–H and O–H groups in total. The van der Waals surface area contributed by atoms with Gasteiger partial charge in [-0.05, 0) is 22.1 Å². The van der Waals surface area contributed by atoms with E-state index in [0.717, 1.165) is 0 Å². The molecule has 2 aliphatic rings. The minimum absolute atomic E-state index is 0.0556. The van der Waals surface area contributed by atoms with E-state index in [0.29, 0.717) is 33.1 Å². The van der Waals surface area contributed by atoms with Crippen molar-refractivity contribution in [3.05, 3.63) is 34.6 Å². The van der Waals surface area contributed by atoms with Gasteiger partial charge in [0.05, 0.1) is 23.7 Å². The highest BCUT2D eigenvalue weighted by molar-refractivity contribution is 8.01. The zero-order chi connectivity index (χ0) is 20.7. The summed E-state index contributed by atoms with van der Waals surface area (Å²) >= 11 is 8.79. The number of hydrogen-bond donors (Lipinski definition) is 1. The van der Waals surface area contributed by atoms with Crippen LogP contribution in [0.2, 0.25) is 5.02 Å². The fraction of sp³-hybridized carbons (Fsp3) is 0.375. The maximum atomic E-state index is 12.8. The van der Waals surface area contributed by atoms with Gasteiger partial charge >= 0.3 is 0 Å². The van der Waals surface area contributed by atoms with Crippen molar-refractivity contribution in [2.45, 2.75) is 16.6 Å². The summed E-state index contributed by atoms with van der Waals surface area (Å²) in [5, 5.41) is 27.0. The number of tetrazole rings is 1. The number of fused-ring (bicyclic) bond motifs is 1. The third-order valence-electron chi connectivity index (χ3n) is 4.60. The number of anilines is 1. The van der Waals surface area contributed by atoms with E-state index in [1.165, 1.54) is 33.1 Å². The number of thioether (sulfide) groups is 2. The van der Waals surface area contributed by atoms with Crippen molar-refractivity contribution in [2.24, 2.45) is 14.1 Å². The summed E-state index contributed by atoms with van der Waals surface area (Å²) in [6.45, 7) is 0. The number of nitrogens with zero attached hydrogens (tertiary/aromatic N) is 6. The quantitative estimate of drug-likeness (QED) is 0.339. The zero-order valence-electron chi connectivity index (χ0n) is 15.4. The van der Waals surface area contributed by atoms with Crippen molar-refractivity contribution in [1.82, 2.24) is 25.1 Å². The van der Waals surface area contributed by atoms with Crippen LogP contribution in [0.4, 0.5) is 5.82 Å². The third kappa shape index (κ3) is 3.67. The Labute approximate surface area is 179 Å². The summed E-state index contributed by atoms with van der Waals surface area (Å²) in [7, 11) is 3.51. The summed E-state index contributed by atoms with van der Waals surface area (Å²) in [5.74, 6) is -0.125. The monoisotopic (exact) mass is 453 g/mol. The van der Waals surface area contributed by atoms with Gasteiger partial charge in [0.25, 0.3) is 11.7 Å². The van der Waals surface area contributed by atoms with Crippen LogP contribution >= 0.6 is 35.1 Å². The van der Waals surface area contributed by atoms with Crippen LogP contribution in [0.5, 0.6) is 0 Å². The predicted molar refractivity (Wildman–Crippen MR) is 105 cm³/mol. The molecule has 13 heteroatoms. The molecule has 1 amide bonds. The summed E-state index contributed by atoms with van der Waals surface area (Å²) in [5.41, 5.74) is 0.558. The molecule has 10 nitrogen and oxygen atoms in total. The summed E-state index contributed by atoms with van der Waals surface area (Å²) in [4.78, 5) is 25.9. The minimum atomic E-state index is -1.36. The lowest BCUT2D eigenvalue weighted by atomic mass is 10.0. The number of carbonyl (C=O) groups is 2. The molecular formula is C16H16ClN7O3S2. The molecule has 0 aromatic carbocycles. The number of hydrogen-bond acceptors (Lipinski definition) is 9. The number of carboxylic acids is 1. The number of nitrogens with one attached hydrogen (secondary N) is 1. The second kappa shape index (κ2) is 7.84. The van der Waals surface area contributed by atoms with Gasteiger partial charge in [-0.25, -0.2) is 9.25 Å². The molecule has 0 bridgehead atoms. The fourth-order valence-electron chi connectivity index (χ4n) is 3.16. The maximum Gasteiger partial charge on any atom is 0.276 e. The molecule has 2 aromatic heterocycles. The van der Waals surface area contributed by atoms with Crippen LogP contribution in [-0.2, 0) is 23.7 Å². The maximum absolute atomic E-state index is 12.8. The first-order valence-corrected chi connectivity index (χ1v) is 10.9. The zero-order valence-corrected chi connectivity index (χ0v) is 17.8. The Kier molecular flexibility index (Phi) is 5.40. The van der Waals surface area contributed by atoms with Gasteiger partial charge in [-0.15, -0.1) is 16.9 Å². The van der Waals surface area contributed by atoms with E-state index >= 15 is 0 Å². The van der Waals surface area contributed by atoms with Gasteiger partial charge in [0, 0.05) is 24.6 Å². The highest BCUT2D eigenvalue weighted by Crippen LogP contribution is 2.42. The Morgan fingerprint density at radius 3 is 2.97 bits per heavy atom. The van der Waals surface area contributed by atoms with Gasteiger partial charge in [-0.3, -0.25) is 15.0 Å². The molecule has 1 fully saturated rings. The molecule has 2 aliphatic heterocycles. The van der Waals surface area contributed by atoms with Crippen molar-refractivity contribution >= 4 is 52.8 Å². The summed E-state index contributed by atoms with van der Waals surface area (Å²) < 4.78 is 3.28. The molecule has 0 spiro atoms. The van der Waals surface area contributed by atoms with Crippen molar-refractivity contribution < 1.29 is 19.3 Å². The molecule has 1 saturated heterocycles. The molecule has 0 aliphatic carbocycles. The van der Waals surface area contributed by atoms with Crippen LogP contribution in [-0.4, -0.2) is 59.9 Å². The molecule has 2 unspecified atom stereocenters. The molecule has 0 radical (unpaired) electrons. The van der Waals surface area contributed by atoms with Gasteiger partial charge in [-0.1, -0.05) is 23.4 Å². The Bertz CT molecular complexity index is 1030. The Hall–Kier alpha value is -2.31. The van der Waals surface area contributed by atoms with Crippen LogP contribution in [0, 0.1) is 0 Å². The van der Waals surface area contributed by atoms with E-state index in [1.54, 1.807) is 29.9 Å². The van der Waals surface area contributed by atoms with Crippen LogP contribution in [0.1, 0.15) is 0 Å². The number of rotatable bonds is 6. The number of aryl methyl sites for hydroxylation is 2. The molecule has 2 atom stereocenters. The van der Waals surface area contributed by atoms with Crippen molar-refractivity contribution in [2.75, 3.05) is 16.8 Å². The van der Waals surface area contributed by atoms with E-state index < -0.39 is 12.0 Å². The highest BCUT2D eigenvalue weighted by Gasteiger charge is 2.55. The third-order valence-corrected chi connectivity index (χ3v) is 7.26. The van der Waals surface area contributed by atoms with Crippen molar-refractivity contribution in [3.63, 3.8) is 0 Å². The van der Waals surface area contributed by atoms with E-state index in [9.17, 15) is 14.7 Å². The second-order valence-corrected chi connectivity index (χ2v) is 8.97. The first-order valence-electron chi connectivity index (χ1n) is 8.51. The first kappa shape index (κ1) is 20.0. The van der Waals surface area contributed by atoms with Gasteiger partial charge in [0.2, 0.25) is 11.2 Å². The fourth-order valence-corrected chi connectivity index (χ4v) is 5.71. The van der Waals surface area contributed by atoms with E-state index in [4.69, 9.17) is 11.6 Å². The van der Waals surface area contributed by atoms with Crippen LogP contribution < -0.4 is 15.0 Å². The second-order valence-electron chi connectivity index (χ2n) is 6.49. The minimum Gasteiger partial charge on any atom is -0.543 e.